The summed E-state index contributed by atoms with van der Waals surface area (Å²) in [6.07, 6.45) is 1.22. The topological polar surface area (TPSA) is 85.4 Å². The van der Waals surface area contributed by atoms with E-state index >= 15 is 0 Å². The van der Waals surface area contributed by atoms with E-state index in [9.17, 15) is 13.2 Å². The smallest absolute Gasteiger partial charge is 0.238 e. The van der Waals surface area contributed by atoms with Crippen LogP contribution in [0.15, 0.2) is 35.2 Å². The molecule has 2 heterocycles. The van der Waals surface area contributed by atoms with Crippen LogP contribution >= 0.6 is 0 Å². The molecule has 0 radical (unpaired) electrons. The molecule has 1 aromatic carbocycles. The molecule has 0 aliphatic carbocycles. The monoisotopic (exact) mass is 403 g/mol. The van der Waals surface area contributed by atoms with Gasteiger partial charge in [0.25, 0.3) is 0 Å². The summed E-state index contributed by atoms with van der Waals surface area (Å²) in [4.78, 5) is 15.3. The van der Waals surface area contributed by atoms with Gasteiger partial charge in [0, 0.05) is 35.7 Å². The van der Waals surface area contributed by atoms with Crippen molar-refractivity contribution in [2.45, 2.75) is 39.0 Å². The molecule has 152 valence electrons. The average Bonchev–Trinajstić information content (AvgIpc) is 2.88. The first kappa shape index (κ1) is 20.8. The van der Waals surface area contributed by atoms with Gasteiger partial charge in [-0.2, -0.15) is 0 Å². The Kier molecular flexibility index (Phi) is 5.79. The van der Waals surface area contributed by atoms with E-state index in [2.05, 4.69) is 18.7 Å². The molecule has 0 saturated carbocycles. The number of benzene rings is 1. The fraction of sp³-hybridized carbons (Fsp3) is 0.476. The van der Waals surface area contributed by atoms with E-state index in [1.165, 1.54) is 18.6 Å². The van der Waals surface area contributed by atoms with Crippen LogP contribution in [0.3, 0.4) is 0 Å². The minimum Gasteiger partial charge on any atom is -0.318 e. The van der Waals surface area contributed by atoms with E-state index in [1.54, 1.807) is 12.1 Å². The molecule has 1 aromatic heterocycles. The highest BCUT2D eigenvalue weighted by atomic mass is 32.2. The third kappa shape index (κ3) is 4.37. The van der Waals surface area contributed by atoms with E-state index in [4.69, 9.17) is 5.14 Å². The highest BCUT2D eigenvalue weighted by Crippen LogP contribution is 2.24. The second-order valence-corrected chi connectivity index (χ2v) is 9.78. The number of carbonyl (C=O) groups excluding carboxylic acids is 1. The molecular formula is C21H29N3O3S. The molecule has 2 aromatic rings. The number of primary sulfonamides is 1. The molecule has 2 atom stereocenters. The van der Waals surface area contributed by atoms with Crippen molar-refractivity contribution in [2.75, 3.05) is 19.6 Å². The molecular weight excluding hydrogens is 374 g/mol. The van der Waals surface area contributed by atoms with Crippen LogP contribution in [-0.4, -0.2) is 43.3 Å². The Hall–Kier alpha value is -1.96. The number of rotatable bonds is 5. The molecule has 6 nitrogen and oxygen atoms in total. The van der Waals surface area contributed by atoms with Crippen LogP contribution in [0.4, 0.5) is 0 Å². The average molecular weight is 404 g/mol. The predicted octanol–water partition coefficient (Wildman–Crippen LogP) is 2.90. The minimum absolute atomic E-state index is 0.0725. The van der Waals surface area contributed by atoms with Gasteiger partial charge < -0.3 is 4.57 Å². The molecule has 2 N–H and O–H groups in total. The molecule has 0 unspecified atom stereocenters. The Labute approximate surface area is 167 Å². The summed E-state index contributed by atoms with van der Waals surface area (Å²) in [7, 11) is -3.72. The maximum Gasteiger partial charge on any atom is 0.238 e. The number of hydrogen-bond donors (Lipinski definition) is 1. The van der Waals surface area contributed by atoms with Crippen LogP contribution in [0.1, 0.15) is 42.0 Å². The highest BCUT2D eigenvalue weighted by molar-refractivity contribution is 7.89. The first-order valence-electron chi connectivity index (χ1n) is 9.64. The second-order valence-electron chi connectivity index (χ2n) is 8.22. The van der Waals surface area contributed by atoms with E-state index in [0.29, 0.717) is 18.4 Å². The van der Waals surface area contributed by atoms with Gasteiger partial charge in [0.05, 0.1) is 11.4 Å². The molecule has 0 amide bonds. The van der Waals surface area contributed by atoms with Gasteiger partial charge in [-0.25, -0.2) is 13.6 Å². The van der Waals surface area contributed by atoms with Crippen molar-refractivity contribution in [1.29, 1.82) is 0 Å². The summed E-state index contributed by atoms with van der Waals surface area (Å²) >= 11 is 0. The first-order valence-corrected chi connectivity index (χ1v) is 11.2. The number of ketones is 1. The maximum atomic E-state index is 13.0. The summed E-state index contributed by atoms with van der Waals surface area (Å²) in [5.74, 6) is 1.35. The number of sulfonamides is 1. The van der Waals surface area contributed by atoms with Crippen LogP contribution in [0.25, 0.3) is 5.69 Å². The summed E-state index contributed by atoms with van der Waals surface area (Å²) in [6, 6.07) is 8.31. The standard InChI is InChI=1S/C21H29N3O3S/c1-14-9-15(2)12-23(11-14)13-21(25)20-10-16(3)24(17(20)4)18-5-7-19(8-6-18)28(22,26)27/h5-8,10,14-15H,9,11-13H2,1-4H3,(H2,22,26,27)/t14-,15-/m1/s1. The summed E-state index contributed by atoms with van der Waals surface area (Å²) < 4.78 is 24.9. The Morgan fingerprint density at radius 2 is 1.68 bits per heavy atom. The van der Waals surface area contributed by atoms with Crippen molar-refractivity contribution in [1.82, 2.24) is 9.47 Å². The number of likely N-dealkylation sites (tertiary alicyclic amines) is 1. The van der Waals surface area contributed by atoms with E-state index < -0.39 is 10.0 Å². The number of nitrogens with two attached hydrogens (primary N) is 1. The van der Waals surface area contributed by atoms with Crippen molar-refractivity contribution in [3.05, 3.63) is 47.3 Å². The number of hydrogen-bond acceptors (Lipinski definition) is 4. The molecule has 3 rings (SSSR count). The fourth-order valence-corrected chi connectivity index (χ4v) is 4.95. The number of aromatic nitrogens is 1. The van der Waals surface area contributed by atoms with E-state index in [1.807, 2.05) is 24.5 Å². The second kappa shape index (κ2) is 7.81. The van der Waals surface area contributed by atoms with E-state index in [-0.39, 0.29) is 10.7 Å². The van der Waals surface area contributed by atoms with Gasteiger partial charge in [0.2, 0.25) is 10.0 Å². The van der Waals surface area contributed by atoms with E-state index in [0.717, 1.165) is 35.7 Å². The van der Waals surface area contributed by atoms with Crippen molar-refractivity contribution in [3.8, 4) is 5.69 Å². The number of carbonyl (C=O) groups is 1. The number of aryl methyl sites for hydroxylation is 1. The van der Waals surface area contributed by atoms with Crippen molar-refractivity contribution >= 4 is 15.8 Å². The van der Waals surface area contributed by atoms with Crippen LogP contribution < -0.4 is 5.14 Å². The van der Waals surface area contributed by atoms with Gasteiger partial charge in [-0.05, 0) is 62.4 Å². The number of Topliss-reactive ketones (excluding diaryl/α,β-unsaturated/α-hetero) is 1. The summed E-state index contributed by atoms with van der Waals surface area (Å²) in [5, 5.41) is 5.17. The lowest BCUT2D eigenvalue weighted by molar-refractivity contribution is 0.0849. The number of nitrogens with zero attached hydrogens (tertiary/aromatic N) is 2. The predicted molar refractivity (Wildman–Crippen MR) is 110 cm³/mol. The van der Waals surface area contributed by atoms with Gasteiger partial charge in [-0.15, -0.1) is 0 Å². The third-order valence-corrected chi connectivity index (χ3v) is 6.40. The Bertz CT molecular complexity index is 967. The fourth-order valence-electron chi connectivity index (χ4n) is 4.44. The Morgan fingerprint density at radius 3 is 2.21 bits per heavy atom. The third-order valence-electron chi connectivity index (χ3n) is 5.47. The molecule has 0 spiro atoms. The molecule has 7 heteroatoms. The van der Waals surface area contributed by atoms with Gasteiger partial charge in [0.15, 0.2) is 5.78 Å². The zero-order valence-electron chi connectivity index (χ0n) is 17.0. The number of piperidine rings is 1. The normalized spacial score (nSPS) is 21.0. The maximum absolute atomic E-state index is 13.0. The van der Waals surface area contributed by atoms with Crippen LogP contribution in [0.2, 0.25) is 0 Å². The van der Waals surface area contributed by atoms with Gasteiger partial charge in [-0.3, -0.25) is 9.69 Å². The quantitative estimate of drug-likeness (QED) is 0.778. The van der Waals surface area contributed by atoms with Gasteiger partial charge >= 0.3 is 0 Å². The lowest BCUT2D eigenvalue weighted by atomic mass is 9.91. The molecule has 1 fully saturated rings. The molecule has 1 saturated heterocycles. The van der Waals surface area contributed by atoms with Crippen molar-refractivity contribution < 1.29 is 13.2 Å². The zero-order chi connectivity index (χ0) is 20.6. The molecule has 1 aliphatic heterocycles. The van der Waals surface area contributed by atoms with Crippen LogP contribution in [0.5, 0.6) is 0 Å². The molecule has 0 bridgehead atoms. The van der Waals surface area contributed by atoms with Gasteiger partial charge in [-0.1, -0.05) is 13.8 Å². The van der Waals surface area contributed by atoms with Gasteiger partial charge in [0.1, 0.15) is 0 Å². The summed E-state index contributed by atoms with van der Waals surface area (Å²) in [6.45, 7) is 10.7. The first-order chi connectivity index (χ1) is 13.1. The van der Waals surface area contributed by atoms with Crippen LogP contribution in [0, 0.1) is 25.7 Å². The highest BCUT2D eigenvalue weighted by Gasteiger charge is 2.25. The molecule has 1 aliphatic rings. The SMILES string of the molecule is Cc1cc(C(=O)CN2C[C@H](C)C[C@@H](C)C2)c(C)n1-c1ccc(S(N)(=O)=O)cc1. The largest absolute Gasteiger partial charge is 0.318 e. The lowest BCUT2D eigenvalue weighted by Gasteiger charge is -2.34. The Balaban J connectivity index is 1.84. The lowest BCUT2D eigenvalue weighted by Crippen LogP contribution is -2.41. The zero-order valence-corrected chi connectivity index (χ0v) is 17.8. The Morgan fingerprint density at radius 1 is 1.11 bits per heavy atom. The summed E-state index contributed by atoms with van der Waals surface area (Å²) in [5.41, 5.74) is 3.33. The van der Waals surface area contributed by atoms with Crippen molar-refractivity contribution in [3.63, 3.8) is 0 Å². The van der Waals surface area contributed by atoms with Crippen LogP contribution in [-0.2, 0) is 10.0 Å². The minimum atomic E-state index is -3.72. The molecule has 28 heavy (non-hydrogen) atoms. The van der Waals surface area contributed by atoms with Crippen molar-refractivity contribution in [2.24, 2.45) is 17.0 Å².